The van der Waals surface area contributed by atoms with Crippen molar-refractivity contribution in [2.24, 2.45) is 0 Å². The molecule has 0 fully saturated rings. The molecule has 2 aromatic carbocycles. The summed E-state index contributed by atoms with van der Waals surface area (Å²) < 4.78 is 5.18. The Bertz CT molecular complexity index is 924. The lowest BCUT2D eigenvalue weighted by Crippen LogP contribution is -2.16. The summed E-state index contributed by atoms with van der Waals surface area (Å²) in [6.07, 6.45) is 4.39. The van der Waals surface area contributed by atoms with Crippen molar-refractivity contribution in [3.63, 3.8) is 0 Å². The van der Waals surface area contributed by atoms with Crippen LogP contribution in [0.3, 0.4) is 0 Å². The standard InChI is InChI=1S/C28H38O2S/c1-10-30-26(29)21-12-11-20(23(14-21)18-31-9)13-19(2)22-15-24(27(3,4)5)17-25(16-22)28(6,7)8/h11-17H,10,18H2,1-9H3/p+1/b19-13+. The van der Waals surface area contributed by atoms with Gasteiger partial charge in [0.2, 0.25) is 0 Å². The van der Waals surface area contributed by atoms with E-state index >= 15 is 0 Å². The molecule has 0 amide bonds. The monoisotopic (exact) mass is 439 g/mol. The van der Waals surface area contributed by atoms with E-state index in [1.807, 2.05) is 19.1 Å². The van der Waals surface area contributed by atoms with E-state index in [9.17, 15) is 4.79 Å². The van der Waals surface area contributed by atoms with Gasteiger partial charge in [0.05, 0.1) is 18.4 Å². The molecule has 0 aliphatic rings. The molecule has 0 heterocycles. The summed E-state index contributed by atoms with van der Waals surface area (Å²) in [5, 5.41) is 0. The predicted octanol–water partition coefficient (Wildman–Crippen LogP) is 6.96. The molecular formula is C28H39O2S+. The number of allylic oxidation sites excluding steroid dienone is 1. The van der Waals surface area contributed by atoms with Crippen LogP contribution >= 0.6 is 0 Å². The highest BCUT2D eigenvalue weighted by Gasteiger charge is 2.21. The molecule has 0 bridgehead atoms. The van der Waals surface area contributed by atoms with Crippen LogP contribution in [0, 0.1) is 0 Å². The number of carbonyl (C=O) groups is 1. The van der Waals surface area contributed by atoms with E-state index in [2.05, 4.69) is 85.1 Å². The van der Waals surface area contributed by atoms with E-state index < -0.39 is 0 Å². The normalized spacial score (nSPS) is 12.7. The van der Waals surface area contributed by atoms with Gasteiger partial charge in [0.1, 0.15) is 5.75 Å². The van der Waals surface area contributed by atoms with Crippen LogP contribution in [0.5, 0.6) is 0 Å². The smallest absolute Gasteiger partial charge is 0.338 e. The van der Waals surface area contributed by atoms with Crippen LogP contribution in [0.4, 0.5) is 0 Å². The third kappa shape index (κ3) is 6.74. The van der Waals surface area contributed by atoms with E-state index in [-0.39, 0.29) is 16.8 Å². The van der Waals surface area contributed by atoms with Gasteiger partial charge in [-0.15, -0.1) is 0 Å². The van der Waals surface area contributed by atoms with E-state index in [0.29, 0.717) is 12.2 Å². The zero-order valence-corrected chi connectivity index (χ0v) is 21.6. The fourth-order valence-electron chi connectivity index (χ4n) is 3.43. The molecule has 0 radical (unpaired) electrons. The Balaban J connectivity index is 2.56. The van der Waals surface area contributed by atoms with Gasteiger partial charge in [-0.2, -0.15) is 0 Å². The number of hydrogen-bond acceptors (Lipinski definition) is 2. The van der Waals surface area contributed by atoms with Gasteiger partial charge in [-0.1, -0.05) is 71.9 Å². The molecule has 0 spiro atoms. The van der Waals surface area contributed by atoms with Crippen LogP contribution in [0.15, 0.2) is 36.4 Å². The molecule has 168 valence electrons. The lowest BCUT2D eigenvalue weighted by Gasteiger charge is -2.26. The summed E-state index contributed by atoms with van der Waals surface area (Å²) in [4.78, 5) is 12.2. The Hall–Kier alpha value is -2.00. The zero-order valence-electron chi connectivity index (χ0n) is 20.7. The van der Waals surface area contributed by atoms with Crippen LogP contribution in [0.2, 0.25) is 0 Å². The van der Waals surface area contributed by atoms with Crippen molar-refractivity contribution in [3.05, 3.63) is 69.8 Å². The third-order valence-corrected chi connectivity index (χ3v) is 6.13. The molecule has 0 aliphatic carbocycles. The predicted molar refractivity (Wildman–Crippen MR) is 138 cm³/mol. The third-order valence-electron chi connectivity index (χ3n) is 5.47. The van der Waals surface area contributed by atoms with Crippen LogP contribution in [-0.2, 0) is 33.1 Å². The highest BCUT2D eigenvalue weighted by Crippen LogP contribution is 2.33. The number of carbonyl (C=O) groups excluding carboxylic acids is 1. The van der Waals surface area contributed by atoms with Gasteiger partial charge in [0.25, 0.3) is 0 Å². The van der Waals surface area contributed by atoms with E-state index in [4.69, 9.17) is 4.74 Å². The first-order chi connectivity index (χ1) is 14.4. The van der Waals surface area contributed by atoms with Crippen molar-refractivity contribution in [1.82, 2.24) is 0 Å². The van der Waals surface area contributed by atoms with Crippen molar-refractivity contribution in [1.29, 1.82) is 0 Å². The minimum Gasteiger partial charge on any atom is -0.462 e. The van der Waals surface area contributed by atoms with Gasteiger partial charge in [-0.25, -0.2) is 4.79 Å². The van der Waals surface area contributed by atoms with Gasteiger partial charge in [-0.3, -0.25) is 0 Å². The zero-order chi connectivity index (χ0) is 23.4. The van der Waals surface area contributed by atoms with Crippen molar-refractivity contribution in [3.8, 4) is 0 Å². The van der Waals surface area contributed by atoms with E-state index in [1.165, 1.54) is 45.2 Å². The van der Waals surface area contributed by atoms with Gasteiger partial charge in [0.15, 0.2) is 0 Å². The summed E-state index contributed by atoms with van der Waals surface area (Å²) in [5.41, 5.74) is 8.34. The Morgan fingerprint density at radius 1 is 0.935 bits per heavy atom. The molecule has 3 heteroatoms. The highest BCUT2D eigenvalue weighted by atomic mass is 32.2. The number of hydrogen-bond donors (Lipinski definition) is 0. The van der Waals surface area contributed by atoms with Crippen LogP contribution in [0.1, 0.15) is 93.6 Å². The summed E-state index contributed by atoms with van der Waals surface area (Å²) in [6, 6.07) is 12.9. The second-order valence-electron chi connectivity index (χ2n) is 10.2. The first kappa shape index (κ1) is 25.3. The Morgan fingerprint density at radius 3 is 2.00 bits per heavy atom. The summed E-state index contributed by atoms with van der Waals surface area (Å²) >= 11 is 1.27. The SMILES string of the molecule is CCOC(=O)c1ccc(/C=C(\C)c2cc(C(C)(C)C)cc(C(C)(C)C)c2)c(C[SH+]C)c1. The number of thiol groups is 1. The highest BCUT2D eigenvalue weighted by molar-refractivity contribution is 7.76. The average Bonchev–Trinajstić information content (AvgIpc) is 2.68. The van der Waals surface area contributed by atoms with Crippen LogP contribution in [0.25, 0.3) is 11.6 Å². The second-order valence-corrected chi connectivity index (χ2v) is 11.2. The average molecular weight is 440 g/mol. The first-order valence-electron chi connectivity index (χ1n) is 11.1. The molecule has 0 aliphatic heterocycles. The quantitative estimate of drug-likeness (QED) is 0.210. The van der Waals surface area contributed by atoms with E-state index in [1.54, 1.807) is 0 Å². The fourth-order valence-corrected chi connectivity index (χ4v) is 4.05. The maximum absolute atomic E-state index is 12.2. The minimum absolute atomic E-state index is 0.0871. The molecule has 0 N–H and O–H groups in total. The molecule has 0 aromatic heterocycles. The number of esters is 1. The summed E-state index contributed by atoms with van der Waals surface area (Å²) in [7, 11) is 0. The molecule has 0 saturated heterocycles. The molecule has 0 unspecified atom stereocenters. The van der Waals surface area contributed by atoms with Crippen LogP contribution < -0.4 is 0 Å². The number of benzene rings is 2. The molecule has 2 rings (SSSR count). The van der Waals surface area contributed by atoms with Crippen molar-refractivity contribution in [2.45, 2.75) is 72.0 Å². The molecule has 0 saturated carbocycles. The maximum Gasteiger partial charge on any atom is 0.338 e. The van der Waals surface area contributed by atoms with E-state index in [0.717, 1.165) is 5.75 Å². The maximum atomic E-state index is 12.2. The second kappa shape index (κ2) is 10.1. The van der Waals surface area contributed by atoms with Gasteiger partial charge >= 0.3 is 5.97 Å². The minimum atomic E-state index is -0.253. The molecular weight excluding hydrogens is 400 g/mol. The van der Waals surface area contributed by atoms with Crippen LogP contribution in [-0.4, -0.2) is 18.8 Å². The fraction of sp³-hybridized carbons (Fsp3) is 0.464. The van der Waals surface area contributed by atoms with Gasteiger partial charge in [0, 0.05) is 5.56 Å². The molecule has 31 heavy (non-hydrogen) atoms. The first-order valence-corrected chi connectivity index (χ1v) is 12.6. The number of rotatable bonds is 6. The van der Waals surface area contributed by atoms with Gasteiger partial charge < -0.3 is 4.74 Å². The number of ether oxygens (including phenoxy) is 1. The lowest BCUT2D eigenvalue weighted by molar-refractivity contribution is 0.0526. The lowest BCUT2D eigenvalue weighted by atomic mass is 9.79. The largest absolute Gasteiger partial charge is 0.462 e. The molecule has 2 aromatic rings. The molecule has 2 nitrogen and oxygen atoms in total. The van der Waals surface area contributed by atoms with Gasteiger partial charge in [-0.05, 0) is 76.4 Å². The summed E-state index contributed by atoms with van der Waals surface area (Å²) in [5.74, 6) is 0.651. The Kier molecular flexibility index (Phi) is 8.21. The Labute approximate surface area is 193 Å². The van der Waals surface area contributed by atoms with Crippen molar-refractivity contribution >= 4 is 29.4 Å². The Morgan fingerprint density at radius 2 is 1.52 bits per heavy atom. The topological polar surface area (TPSA) is 26.3 Å². The molecule has 0 atom stereocenters. The summed E-state index contributed by atoms with van der Waals surface area (Å²) in [6.45, 7) is 18.0. The van der Waals surface area contributed by atoms with Crippen molar-refractivity contribution in [2.75, 3.05) is 12.9 Å². The van der Waals surface area contributed by atoms with Crippen molar-refractivity contribution < 1.29 is 9.53 Å².